The van der Waals surface area contributed by atoms with Gasteiger partial charge in [0.25, 0.3) is 5.91 Å². The number of benzene rings is 2. The fourth-order valence-corrected chi connectivity index (χ4v) is 2.80. The zero-order valence-corrected chi connectivity index (χ0v) is 15.6. The van der Waals surface area contributed by atoms with Gasteiger partial charge in [0, 0.05) is 16.6 Å². The van der Waals surface area contributed by atoms with Crippen molar-refractivity contribution in [2.24, 2.45) is 5.92 Å². The van der Waals surface area contributed by atoms with Crippen LogP contribution in [-0.4, -0.2) is 17.9 Å². The van der Waals surface area contributed by atoms with E-state index in [1.165, 1.54) is 6.07 Å². The van der Waals surface area contributed by atoms with E-state index in [0.29, 0.717) is 15.6 Å². The van der Waals surface area contributed by atoms with Gasteiger partial charge in [-0.15, -0.1) is 0 Å². The van der Waals surface area contributed by atoms with Crippen LogP contribution in [0, 0.1) is 11.7 Å². The number of amides is 2. The Labute approximate surface area is 154 Å². The molecule has 0 heterocycles. The Balaban J connectivity index is 2.04. The van der Waals surface area contributed by atoms with Crippen LogP contribution in [0.1, 0.15) is 29.8 Å². The summed E-state index contributed by atoms with van der Waals surface area (Å²) in [5.74, 6) is -1.18. The van der Waals surface area contributed by atoms with E-state index in [0.717, 1.165) is 0 Å². The molecule has 0 fully saturated rings. The third kappa shape index (κ3) is 5.13. The maximum atomic E-state index is 13.6. The fraction of sp³-hybridized carbons (Fsp3) is 0.263. The van der Waals surface area contributed by atoms with Crippen molar-refractivity contribution in [3.8, 4) is 0 Å². The molecule has 0 saturated heterocycles. The number of carbonyl (C=O) groups excluding carboxylic acids is 2. The Bertz CT molecular complexity index is 765. The lowest BCUT2D eigenvalue weighted by Crippen LogP contribution is -2.49. The Morgan fingerprint density at radius 1 is 1.08 bits per heavy atom. The van der Waals surface area contributed by atoms with Gasteiger partial charge < -0.3 is 10.6 Å². The van der Waals surface area contributed by atoms with Crippen molar-refractivity contribution in [3.63, 3.8) is 0 Å². The minimum Gasteiger partial charge on any atom is -0.350 e. The number of rotatable bonds is 6. The second kappa shape index (κ2) is 8.76. The van der Waals surface area contributed by atoms with Gasteiger partial charge in [0.2, 0.25) is 5.91 Å². The highest BCUT2D eigenvalue weighted by Crippen LogP contribution is 2.16. The van der Waals surface area contributed by atoms with Crippen molar-refractivity contribution >= 4 is 27.7 Å². The second-order valence-corrected chi connectivity index (χ2v) is 6.84. The van der Waals surface area contributed by atoms with Crippen molar-refractivity contribution in [2.75, 3.05) is 0 Å². The average molecular weight is 407 g/mol. The average Bonchev–Trinajstić information content (AvgIpc) is 2.58. The number of carbonyl (C=O) groups is 2. The molecule has 0 aliphatic heterocycles. The van der Waals surface area contributed by atoms with Crippen LogP contribution in [-0.2, 0) is 11.3 Å². The van der Waals surface area contributed by atoms with Crippen LogP contribution < -0.4 is 10.6 Å². The Morgan fingerprint density at radius 3 is 2.36 bits per heavy atom. The molecule has 0 saturated carbocycles. The van der Waals surface area contributed by atoms with E-state index in [-0.39, 0.29) is 30.1 Å². The maximum Gasteiger partial charge on any atom is 0.253 e. The zero-order valence-electron chi connectivity index (χ0n) is 14.1. The third-order valence-electron chi connectivity index (χ3n) is 3.77. The predicted molar refractivity (Wildman–Crippen MR) is 98.5 cm³/mol. The summed E-state index contributed by atoms with van der Waals surface area (Å²) in [4.78, 5) is 24.9. The van der Waals surface area contributed by atoms with E-state index in [9.17, 15) is 14.0 Å². The molecule has 0 aliphatic rings. The summed E-state index contributed by atoms with van der Waals surface area (Å²) in [6.07, 6.45) is 0. The molecule has 0 radical (unpaired) electrons. The van der Waals surface area contributed by atoms with Crippen molar-refractivity contribution in [2.45, 2.75) is 26.4 Å². The van der Waals surface area contributed by atoms with E-state index in [1.807, 2.05) is 19.9 Å². The smallest absolute Gasteiger partial charge is 0.253 e. The number of nitrogens with one attached hydrogen (secondary N) is 2. The molecule has 2 amide bonds. The molecule has 0 spiro atoms. The van der Waals surface area contributed by atoms with Crippen molar-refractivity contribution in [1.82, 2.24) is 10.6 Å². The molecule has 4 nitrogen and oxygen atoms in total. The monoisotopic (exact) mass is 406 g/mol. The molecule has 0 aromatic heterocycles. The first-order valence-corrected chi connectivity index (χ1v) is 8.76. The first-order chi connectivity index (χ1) is 11.9. The summed E-state index contributed by atoms with van der Waals surface area (Å²) in [7, 11) is 0. The van der Waals surface area contributed by atoms with Gasteiger partial charge in [-0.2, -0.15) is 0 Å². The van der Waals surface area contributed by atoms with Gasteiger partial charge in [-0.1, -0.05) is 44.2 Å². The van der Waals surface area contributed by atoms with Gasteiger partial charge in [0.1, 0.15) is 11.9 Å². The van der Waals surface area contributed by atoms with Crippen LogP contribution in [0.4, 0.5) is 4.39 Å². The summed E-state index contributed by atoms with van der Waals surface area (Å²) >= 11 is 3.33. The standard InChI is InChI=1S/C19H20BrFN2O2/c1-12(2)17(23-18(24)14-8-4-5-9-15(14)20)19(25)22-11-13-7-3-6-10-16(13)21/h3-10,12,17H,11H2,1-2H3,(H,22,25)(H,23,24)/t17-/m0/s1. The van der Waals surface area contributed by atoms with Crippen LogP contribution in [0.3, 0.4) is 0 Å². The summed E-state index contributed by atoms with van der Waals surface area (Å²) in [5.41, 5.74) is 0.852. The van der Waals surface area contributed by atoms with E-state index >= 15 is 0 Å². The lowest BCUT2D eigenvalue weighted by molar-refractivity contribution is -0.124. The number of halogens is 2. The molecule has 2 N–H and O–H groups in total. The largest absolute Gasteiger partial charge is 0.350 e. The highest BCUT2D eigenvalue weighted by Gasteiger charge is 2.25. The van der Waals surface area contributed by atoms with Crippen LogP contribution in [0.5, 0.6) is 0 Å². The molecule has 132 valence electrons. The Kier molecular flexibility index (Phi) is 6.70. The maximum absolute atomic E-state index is 13.6. The Hall–Kier alpha value is -2.21. The van der Waals surface area contributed by atoms with Crippen LogP contribution >= 0.6 is 15.9 Å². The highest BCUT2D eigenvalue weighted by molar-refractivity contribution is 9.10. The molecule has 25 heavy (non-hydrogen) atoms. The van der Waals surface area contributed by atoms with Gasteiger partial charge in [-0.05, 0) is 40.0 Å². The van der Waals surface area contributed by atoms with Gasteiger partial charge in [0.05, 0.1) is 5.56 Å². The SMILES string of the molecule is CC(C)[C@H](NC(=O)c1ccccc1Br)C(=O)NCc1ccccc1F. The summed E-state index contributed by atoms with van der Waals surface area (Å²) in [6, 6.07) is 12.5. The zero-order chi connectivity index (χ0) is 18.4. The second-order valence-electron chi connectivity index (χ2n) is 5.98. The highest BCUT2D eigenvalue weighted by atomic mass is 79.9. The topological polar surface area (TPSA) is 58.2 Å². The molecule has 2 aromatic rings. The van der Waals surface area contributed by atoms with Gasteiger partial charge in [-0.25, -0.2) is 4.39 Å². The number of hydrogen-bond donors (Lipinski definition) is 2. The van der Waals surface area contributed by atoms with Crippen LogP contribution in [0.2, 0.25) is 0 Å². The minimum absolute atomic E-state index is 0.0691. The summed E-state index contributed by atoms with van der Waals surface area (Å²) < 4.78 is 14.3. The molecule has 6 heteroatoms. The molecule has 2 aromatic carbocycles. The van der Waals surface area contributed by atoms with Crippen molar-refractivity contribution in [1.29, 1.82) is 0 Å². The summed E-state index contributed by atoms with van der Waals surface area (Å²) in [5, 5.41) is 5.44. The molecule has 0 unspecified atom stereocenters. The first kappa shape index (κ1) is 19.1. The molecule has 0 aliphatic carbocycles. The molecule has 2 rings (SSSR count). The third-order valence-corrected chi connectivity index (χ3v) is 4.46. The minimum atomic E-state index is -0.716. The lowest BCUT2D eigenvalue weighted by Gasteiger charge is -2.22. The normalized spacial score (nSPS) is 11.9. The quantitative estimate of drug-likeness (QED) is 0.768. The number of hydrogen-bond acceptors (Lipinski definition) is 2. The van der Waals surface area contributed by atoms with Crippen molar-refractivity contribution < 1.29 is 14.0 Å². The van der Waals surface area contributed by atoms with Gasteiger partial charge in [0.15, 0.2) is 0 Å². The molecule has 0 bridgehead atoms. The molecular formula is C19H20BrFN2O2. The van der Waals surface area contributed by atoms with E-state index < -0.39 is 6.04 Å². The first-order valence-electron chi connectivity index (χ1n) is 7.96. The van der Waals surface area contributed by atoms with Crippen LogP contribution in [0.15, 0.2) is 53.0 Å². The summed E-state index contributed by atoms with van der Waals surface area (Å²) in [6.45, 7) is 3.75. The molecule has 1 atom stereocenters. The van der Waals surface area contributed by atoms with Crippen LogP contribution in [0.25, 0.3) is 0 Å². The Morgan fingerprint density at radius 2 is 1.72 bits per heavy atom. The van der Waals surface area contributed by atoms with Gasteiger partial charge in [-0.3, -0.25) is 9.59 Å². The molecular weight excluding hydrogens is 387 g/mol. The van der Waals surface area contributed by atoms with E-state index in [2.05, 4.69) is 26.6 Å². The fourth-order valence-electron chi connectivity index (χ4n) is 2.33. The van der Waals surface area contributed by atoms with Gasteiger partial charge >= 0.3 is 0 Å². The van der Waals surface area contributed by atoms with Crippen molar-refractivity contribution in [3.05, 3.63) is 69.9 Å². The predicted octanol–water partition coefficient (Wildman–Crippen LogP) is 3.66. The lowest BCUT2D eigenvalue weighted by atomic mass is 10.0. The van der Waals surface area contributed by atoms with E-state index in [1.54, 1.807) is 36.4 Å². The van der Waals surface area contributed by atoms with E-state index in [4.69, 9.17) is 0 Å².